The van der Waals surface area contributed by atoms with E-state index in [0.29, 0.717) is 5.02 Å². The van der Waals surface area contributed by atoms with Crippen molar-refractivity contribution in [2.75, 3.05) is 0 Å². The van der Waals surface area contributed by atoms with Gasteiger partial charge in [0.05, 0.1) is 12.1 Å². The van der Waals surface area contributed by atoms with Gasteiger partial charge in [0.2, 0.25) is 5.88 Å². The molecular weight excluding hydrogens is 385 g/mol. The summed E-state index contributed by atoms with van der Waals surface area (Å²) in [5.74, 6) is 0.0205. The number of benzene rings is 1. The molecule has 3 aromatic rings. The third kappa shape index (κ3) is 4.55. The molecule has 0 aliphatic carbocycles. The van der Waals surface area contributed by atoms with E-state index in [1.807, 2.05) is 0 Å². The van der Waals surface area contributed by atoms with Crippen LogP contribution in [0.25, 0.3) is 0 Å². The minimum Gasteiger partial charge on any atom is -0.439 e. The summed E-state index contributed by atoms with van der Waals surface area (Å²) in [6.45, 7) is 1.02. The second-order valence-electron chi connectivity index (χ2n) is 5.99. The highest BCUT2D eigenvalue weighted by atomic mass is 35.5. The third-order valence-corrected chi connectivity index (χ3v) is 3.99. The number of alkyl halides is 3. The Balaban J connectivity index is 1.95. The van der Waals surface area contributed by atoms with Gasteiger partial charge in [0.25, 0.3) is 0 Å². The first kappa shape index (κ1) is 19.1. The summed E-state index contributed by atoms with van der Waals surface area (Å²) < 4.78 is 47.3. The van der Waals surface area contributed by atoms with Crippen LogP contribution in [-0.2, 0) is 18.3 Å². The number of hydrogen-bond donors (Lipinski definition) is 1. The number of aromatic nitrogens is 4. The van der Waals surface area contributed by atoms with Crippen LogP contribution < -0.4 is 4.74 Å². The van der Waals surface area contributed by atoms with E-state index >= 15 is 0 Å². The second kappa shape index (κ2) is 7.16. The highest BCUT2D eigenvalue weighted by molar-refractivity contribution is 6.30. The molecule has 142 valence electrons. The van der Waals surface area contributed by atoms with Crippen LogP contribution in [0.2, 0.25) is 5.02 Å². The molecule has 0 radical (unpaired) electrons. The molecule has 27 heavy (non-hydrogen) atoms. The van der Waals surface area contributed by atoms with Crippen molar-refractivity contribution in [3.8, 4) is 11.6 Å². The van der Waals surface area contributed by atoms with Crippen LogP contribution in [0.3, 0.4) is 0 Å². The lowest BCUT2D eigenvalue weighted by Crippen LogP contribution is -2.31. The van der Waals surface area contributed by atoms with Gasteiger partial charge in [-0.15, -0.1) is 0 Å². The van der Waals surface area contributed by atoms with Crippen LogP contribution in [0.4, 0.5) is 13.2 Å². The fourth-order valence-corrected chi connectivity index (χ4v) is 2.62. The third-order valence-electron chi connectivity index (χ3n) is 3.74. The van der Waals surface area contributed by atoms with Gasteiger partial charge in [0.15, 0.2) is 0 Å². The summed E-state index contributed by atoms with van der Waals surface area (Å²) in [5, 5.41) is 14.9. The first-order chi connectivity index (χ1) is 12.6. The van der Waals surface area contributed by atoms with Gasteiger partial charge >= 0.3 is 6.18 Å². The monoisotopic (exact) mass is 398 g/mol. The summed E-state index contributed by atoms with van der Waals surface area (Å²) in [5.41, 5.74) is -3.33. The maximum Gasteiger partial charge on any atom is 0.417 e. The Morgan fingerprint density at radius 1 is 1.19 bits per heavy atom. The topological polar surface area (TPSA) is 73.1 Å². The van der Waals surface area contributed by atoms with Gasteiger partial charge in [-0.1, -0.05) is 11.6 Å². The predicted molar refractivity (Wildman–Crippen MR) is 90.4 cm³/mol. The molecule has 3 rings (SSSR count). The average Bonchev–Trinajstić information content (AvgIpc) is 3.08. The molecule has 0 spiro atoms. The molecule has 0 saturated heterocycles. The molecule has 0 aliphatic heterocycles. The number of aliphatic hydroxyl groups is 1. The molecule has 1 N–H and O–H groups in total. The molecule has 2 heterocycles. The zero-order valence-corrected chi connectivity index (χ0v) is 14.7. The maximum absolute atomic E-state index is 13.6. The van der Waals surface area contributed by atoms with Crippen molar-refractivity contribution in [1.29, 1.82) is 0 Å². The Hall–Kier alpha value is -2.65. The lowest BCUT2D eigenvalue weighted by molar-refractivity contribution is -0.141. The number of halogens is 4. The van der Waals surface area contributed by atoms with Crippen molar-refractivity contribution in [1.82, 2.24) is 19.7 Å². The Bertz CT molecular complexity index is 913. The van der Waals surface area contributed by atoms with Crippen LogP contribution in [0.1, 0.15) is 18.1 Å². The van der Waals surface area contributed by atoms with Crippen molar-refractivity contribution < 1.29 is 23.0 Å². The van der Waals surface area contributed by atoms with Gasteiger partial charge in [0, 0.05) is 22.8 Å². The molecule has 1 aromatic carbocycles. The van der Waals surface area contributed by atoms with Crippen molar-refractivity contribution in [2.24, 2.45) is 0 Å². The Morgan fingerprint density at radius 2 is 1.89 bits per heavy atom. The summed E-state index contributed by atoms with van der Waals surface area (Å²) >= 11 is 5.77. The fraction of sp³-hybridized carbons (Fsp3) is 0.235. The molecule has 10 heteroatoms. The second-order valence-corrected chi connectivity index (χ2v) is 6.43. The summed E-state index contributed by atoms with van der Waals surface area (Å²) in [4.78, 5) is 7.62. The van der Waals surface area contributed by atoms with Crippen molar-refractivity contribution in [3.63, 3.8) is 0 Å². The van der Waals surface area contributed by atoms with E-state index in [0.717, 1.165) is 12.3 Å². The van der Waals surface area contributed by atoms with Crippen molar-refractivity contribution in [3.05, 3.63) is 65.3 Å². The first-order valence-electron chi connectivity index (χ1n) is 7.71. The highest BCUT2D eigenvalue weighted by Gasteiger charge is 2.40. The minimum atomic E-state index is -4.72. The van der Waals surface area contributed by atoms with Gasteiger partial charge in [0.1, 0.15) is 24.0 Å². The van der Waals surface area contributed by atoms with E-state index in [2.05, 4.69) is 15.1 Å². The number of rotatable bonds is 5. The Labute approximate surface area is 157 Å². The van der Waals surface area contributed by atoms with E-state index in [-0.39, 0.29) is 18.2 Å². The number of hydrogen-bond acceptors (Lipinski definition) is 5. The highest BCUT2D eigenvalue weighted by Crippen LogP contribution is 2.39. The van der Waals surface area contributed by atoms with E-state index in [9.17, 15) is 18.3 Å². The molecule has 1 atom stereocenters. The number of pyridine rings is 1. The molecule has 1 unspecified atom stereocenters. The minimum absolute atomic E-state index is 0.227. The summed E-state index contributed by atoms with van der Waals surface area (Å²) in [6.07, 6.45) is -1.25. The molecule has 0 aliphatic rings. The van der Waals surface area contributed by atoms with Crippen LogP contribution >= 0.6 is 11.6 Å². The van der Waals surface area contributed by atoms with E-state index in [1.54, 1.807) is 12.1 Å². The molecule has 0 saturated carbocycles. The molecule has 0 amide bonds. The van der Waals surface area contributed by atoms with E-state index < -0.39 is 22.9 Å². The molecule has 0 bridgehead atoms. The number of nitrogens with zero attached hydrogens (tertiary/aromatic N) is 4. The SMILES string of the molecule is CC(O)(Cn1cncn1)c1cnc(Oc2ccc(Cl)cc2)cc1C(F)(F)F. The Kier molecular flexibility index (Phi) is 5.07. The van der Waals surface area contributed by atoms with Gasteiger partial charge in [-0.25, -0.2) is 14.6 Å². The predicted octanol–water partition coefficient (Wildman–Crippen LogP) is 4.05. The average molecular weight is 399 g/mol. The zero-order chi connectivity index (χ0) is 19.7. The first-order valence-corrected chi connectivity index (χ1v) is 8.09. The molecule has 0 fully saturated rings. The van der Waals surface area contributed by atoms with Crippen molar-refractivity contribution >= 4 is 11.6 Å². The quantitative estimate of drug-likeness (QED) is 0.702. The Morgan fingerprint density at radius 3 is 2.48 bits per heavy atom. The van der Waals surface area contributed by atoms with Crippen LogP contribution in [0.5, 0.6) is 11.6 Å². The molecule has 6 nitrogen and oxygen atoms in total. The summed E-state index contributed by atoms with van der Waals surface area (Å²) in [7, 11) is 0. The lowest BCUT2D eigenvalue weighted by Gasteiger charge is -2.26. The number of ether oxygens (including phenoxy) is 1. The largest absolute Gasteiger partial charge is 0.439 e. The van der Waals surface area contributed by atoms with Crippen LogP contribution in [0.15, 0.2) is 49.2 Å². The van der Waals surface area contributed by atoms with Crippen LogP contribution in [0, 0.1) is 0 Å². The van der Waals surface area contributed by atoms with Crippen molar-refractivity contribution in [2.45, 2.75) is 25.2 Å². The van der Waals surface area contributed by atoms with Gasteiger partial charge < -0.3 is 9.84 Å². The van der Waals surface area contributed by atoms with E-state index in [4.69, 9.17) is 16.3 Å². The smallest absolute Gasteiger partial charge is 0.417 e. The maximum atomic E-state index is 13.6. The van der Waals surface area contributed by atoms with Gasteiger partial charge in [-0.2, -0.15) is 18.3 Å². The normalized spacial score (nSPS) is 14.0. The van der Waals surface area contributed by atoms with Crippen LogP contribution in [-0.4, -0.2) is 24.9 Å². The standard InChI is InChI=1S/C17H14ClF3N4O2/c1-16(26,8-25-10-22-9-24-25)14-7-23-15(6-13(14)17(19,20)21)27-12-4-2-11(18)3-5-12/h2-7,9-10,26H,8H2,1H3. The fourth-order valence-electron chi connectivity index (χ4n) is 2.49. The molecule has 2 aromatic heterocycles. The van der Waals surface area contributed by atoms with Gasteiger partial charge in [-0.3, -0.25) is 0 Å². The lowest BCUT2D eigenvalue weighted by atomic mass is 9.92. The zero-order valence-electron chi connectivity index (χ0n) is 14.0. The summed E-state index contributed by atoms with van der Waals surface area (Å²) in [6, 6.07) is 6.84. The van der Waals surface area contributed by atoms with E-state index in [1.165, 1.54) is 36.4 Å². The molecular formula is C17H14ClF3N4O2. The van der Waals surface area contributed by atoms with Gasteiger partial charge in [-0.05, 0) is 31.2 Å².